The van der Waals surface area contributed by atoms with Gasteiger partial charge >= 0.3 is 0 Å². The van der Waals surface area contributed by atoms with Gasteiger partial charge < -0.3 is 4.52 Å². The minimum Gasteiger partial charge on any atom is -0.338 e. The van der Waals surface area contributed by atoms with E-state index >= 15 is 0 Å². The van der Waals surface area contributed by atoms with Gasteiger partial charge in [0.15, 0.2) is 5.82 Å². The molecule has 0 bridgehead atoms. The van der Waals surface area contributed by atoms with Crippen LogP contribution in [0.3, 0.4) is 0 Å². The molecule has 0 aliphatic carbocycles. The molecule has 1 saturated heterocycles. The molecule has 3 heterocycles. The van der Waals surface area contributed by atoms with E-state index in [-0.39, 0.29) is 10.1 Å². The Bertz CT molecular complexity index is 815. The minimum absolute atomic E-state index is 0.0508. The van der Waals surface area contributed by atoms with Crippen LogP contribution in [0.5, 0.6) is 0 Å². The second-order valence-electron chi connectivity index (χ2n) is 6.36. The second kappa shape index (κ2) is 8.49. The fraction of sp³-hybridized carbons (Fsp3) is 0.588. The molecule has 1 unspecified atom stereocenters. The third-order valence-electron chi connectivity index (χ3n) is 4.26. The summed E-state index contributed by atoms with van der Waals surface area (Å²) in [5.74, 6) is 1.27. The number of sulfonamides is 1. The fourth-order valence-corrected chi connectivity index (χ4v) is 5.11. The quantitative estimate of drug-likeness (QED) is 0.662. The average molecular weight is 397 g/mol. The summed E-state index contributed by atoms with van der Waals surface area (Å²) in [6.07, 6.45) is 6.13. The van der Waals surface area contributed by atoms with Crippen molar-refractivity contribution < 1.29 is 12.9 Å². The van der Waals surface area contributed by atoms with Crippen LogP contribution in [0.2, 0.25) is 0 Å². The molecule has 3 rings (SSSR count). The van der Waals surface area contributed by atoms with E-state index in [1.54, 1.807) is 16.4 Å². The Morgan fingerprint density at radius 2 is 2.04 bits per heavy atom. The Morgan fingerprint density at radius 1 is 1.27 bits per heavy atom. The van der Waals surface area contributed by atoms with Gasteiger partial charge in [0.2, 0.25) is 15.9 Å². The standard InChI is InChI=1S/C17H24N4O3S2/c1-3-7-15-19-17(24-20-15)13(2)25-16-9-8-14(12-18-16)26(22,23)21-10-5-4-6-11-21/h8-9,12-13H,3-7,10-11H2,1-2H3. The first-order chi connectivity index (χ1) is 12.5. The van der Waals surface area contributed by atoms with Gasteiger partial charge in [-0.3, -0.25) is 0 Å². The fourth-order valence-electron chi connectivity index (χ4n) is 2.83. The van der Waals surface area contributed by atoms with Crippen molar-refractivity contribution in [2.45, 2.75) is 61.1 Å². The van der Waals surface area contributed by atoms with E-state index in [1.165, 1.54) is 18.0 Å². The van der Waals surface area contributed by atoms with Crippen molar-refractivity contribution in [2.75, 3.05) is 13.1 Å². The molecule has 0 radical (unpaired) electrons. The van der Waals surface area contributed by atoms with Crippen molar-refractivity contribution in [2.24, 2.45) is 0 Å². The zero-order valence-electron chi connectivity index (χ0n) is 15.1. The van der Waals surface area contributed by atoms with Crippen LogP contribution in [0.25, 0.3) is 0 Å². The molecule has 0 aromatic carbocycles. The number of hydrogen-bond acceptors (Lipinski definition) is 7. The molecule has 1 fully saturated rings. The number of thioether (sulfide) groups is 1. The number of aromatic nitrogens is 3. The van der Waals surface area contributed by atoms with Crippen molar-refractivity contribution in [1.29, 1.82) is 0 Å². The van der Waals surface area contributed by atoms with Gasteiger partial charge in [-0.15, -0.1) is 0 Å². The van der Waals surface area contributed by atoms with Crippen LogP contribution in [-0.2, 0) is 16.4 Å². The molecule has 0 spiro atoms. The number of piperidine rings is 1. The molecule has 0 amide bonds. The normalized spacial score (nSPS) is 17.3. The third-order valence-corrected chi connectivity index (χ3v) is 7.19. The van der Waals surface area contributed by atoms with Crippen LogP contribution in [0.1, 0.15) is 56.5 Å². The Kier molecular flexibility index (Phi) is 6.31. The van der Waals surface area contributed by atoms with Crippen molar-refractivity contribution in [3.05, 3.63) is 30.0 Å². The largest absolute Gasteiger partial charge is 0.338 e. The number of hydrogen-bond donors (Lipinski definition) is 0. The summed E-state index contributed by atoms with van der Waals surface area (Å²) >= 11 is 1.47. The molecule has 7 nitrogen and oxygen atoms in total. The molecule has 1 atom stereocenters. The zero-order chi connectivity index (χ0) is 18.6. The van der Waals surface area contributed by atoms with E-state index in [1.807, 2.05) is 6.92 Å². The van der Waals surface area contributed by atoms with Gasteiger partial charge in [-0.2, -0.15) is 9.29 Å². The van der Waals surface area contributed by atoms with Crippen LogP contribution >= 0.6 is 11.8 Å². The monoisotopic (exact) mass is 396 g/mol. The first-order valence-corrected chi connectivity index (χ1v) is 11.3. The van der Waals surface area contributed by atoms with Gasteiger partial charge in [0.25, 0.3) is 0 Å². The Balaban J connectivity index is 1.66. The Hall–Kier alpha value is -1.45. The van der Waals surface area contributed by atoms with Crippen molar-refractivity contribution in [3.8, 4) is 0 Å². The van der Waals surface area contributed by atoms with Crippen molar-refractivity contribution >= 4 is 21.8 Å². The number of pyridine rings is 1. The van der Waals surface area contributed by atoms with Gasteiger partial charge in [-0.25, -0.2) is 13.4 Å². The highest BCUT2D eigenvalue weighted by atomic mass is 32.2. The van der Waals surface area contributed by atoms with Gasteiger partial charge in [-0.05, 0) is 38.3 Å². The van der Waals surface area contributed by atoms with Gasteiger partial charge in [0, 0.05) is 25.7 Å². The predicted molar refractivity (Wildman–Crippen MR) is 99.4 cm³/mol. The Morgan fingerprint density at radius 3 is 2.69 bits per heavy atom. The molecule has 1 aliphatic heterocycles. The topological polar surface area (TPSA) is 89.2 Å². The van der Waals surface area contributed by atoms with Crippen molar-refractivity contribution in [3.63, 3.8) is 0 Å². The third kappa shape index (κ3) is 4.44. The maximum atomic E-state index is 12.7. The summed E-state index contributed by atoms with van der Waals surface area (Å²) in [6, 6.07) is 3.36. The van der Waals surface area contributed by atoms with Crippen LogP contribution < -0.4 is 0 Å². The zero-order valence-corrected chi connectivity index (χ0v) is 16.7. The van der Waals surface area contributed by atoms with Crippen LogP contribution in [0, 0.1) is 0 Å². The van der Waals surface area contributed by atoms with E-state index in [2.05, 4.69) is 22.0 Å². The SMILES string of the molecule is CCCc1noc(C(C)Sc2ccc(S(=O)(=O)N3CCCCC3)cn2)n1. The number of nitrogens with zero attached hydrogens (tertiary/aromatic N) is 4. The Labute approximate surface area is 158 Å². The molecule has 142 valence electrons. The molecule has 0 saturated carbocycles. The predicted octanol–water partition coefficient (Wildman–Crippen LogP) is 3.45. The van der Waals surface area contributed by atoms with E-state index < -0.39 is 10.0 Å². The lowest BCUT2D eigenvalue weighted by molar-refractivity contribution is 0.346. The summed E-state index contributed by atoms with van der Waals surface area (Å²) in [5.41, 5.74) is 0. The molecule has 26 heavy (non-hydrogen) atoms. The van der Waals surface area contributed by atoms with E-state index in [0.717, 1.165) is 37.1 Å². The summed E-state index contributed by atoms with van der Waals surface area (Å²) in [5, 5.41) is 4.64. The lowest BCUT2D eigenvalue weighted by Crippen LogP contribution is -2.35. The molecule has 0 N–H and O–H groups in total. The summed E-state index contributed by atoms with van der Waals surface area (Å²) in [7, 11) is -3.44. The van der Waals surface area contributed by atoms with E-state index in [9.17, 15) is 8.42 Å². The molecule has 2 aromatic heterocycles. The minimum atomic E-state index is -3.44. The summed E-state index contributed by atoms with van der Waals surface area (Å²) < 4.78 is 32.2. The maximum absolute atomic E-state index is 12.7. The van der Waals surface area contributed by atoms with E-state index in [0.29, 0.717) is 24.8 Å². The second-order valence-corrected chi connectivity index (χ2v) is 9.65. The lowest BCUT2D eigenvalue weighted by atomic mass is 10.2. The number of aryl methyl sites for hydroxylation is 1. The van der Waals surface area contributed by atoms with Crippen LogP contribution in [0.15, 0.2) is 32.8 Å². The molecular formula is C17H24N4O3S2. The molecule has 9 heteroatoms. The maximum Gasteiger partial charge on any atom is 0.244 e. The van der Waals surface area contributed by atoms with E-state index in [4.69, 9.17) is 4.52 Å². The van der Waals surface area contributed by atoms with Gasteiger partial charge in [0.1, 0.15) is 4.90 Å². The first kappa shape index (κ1) is 19.3. The molecule has 1 aliphatic rings. The lowest BCUT2D eigenvalue weighted by Gasteiger charge is -2.25. The molecular weight excluding hydrogens is 372 g/mol. The summed E-state index contributed by atoms with van der Waals surface area (Å²) in [6.45, 7) is 5.21. The first-order valence-electron chi connectivity index (χ1n) is 8.96. The highest BCUT2D eigenvalue weighted by Gasteiger charge is 2.26. The molecule has 2 aromatic rings. The van der Waals surface area contributed by atoms with Gasteiger partial charge in [-0.1, -0.05) is 30.3 Å². The highest BCUT2D eigenvalue weighted by Crippen LogP contribution is 2.33. The van der Waals surface area contributed by atoms with Crippen LogP contribution in [-0.4, -0.2) is 40.9 Å². The number of rotatable bonds is 7. The highest BCUT2D eigenvalue weighted by molar-refractivity contribution is 7.99. The van der Waals surface area contributed by atoms with Crippen LogP contribution in [0.4, 0.5) is 0 Å². The smallest absolute Gasteiger partial charge is 0.244 e. The summed E-state index contributed by atoms with van der Waals surface area (Å²) in [4.78, 5) is 8.95. The average Bonchev–Trinajstić information content (AvgIpc) is 3.12. The van der Waals surface area contributed by atoms with Crippen molar-refractivity contribution in [1.82, 2.24) is 19.4 Å². The van der Waals surface area contributed by atoms with Gasteiger partial charge in [0.05, 0.1) is 10.3 Å².